The number of nitrogens with zero attached hydrogens (tertiary/aromatic N) is 2. The van der Waals surface area contributed by atoms with E-state index in [9.17, 15) is 9.59 Å². The van der Waals surface area contributed by atoms with E-state index in [-0.39, 0.29) is 12.1 Å². The molecule has 0 N–H and O–H groups in total. The second kappa shape index (κ2) is 6.31. The normalized spacial score (nSPS) is 34.1. The lowest BCUT2D eigenvalue weighted by atomic mass is 9.72. The molecular weight excluding hydrogens is 280 g/mol. The maximum atomic E-state index is 12.3. The first-order valence-electron chi connectivity index (χ1n) is 8.49. The van der Waals surface area contributed by atoms with Gasteiger partial charge in [-0.15, -0.1) is 6.58 Å². The van der Waals surface area contributed by atoms with Gasteiger partial charge in [-0.3, -0.25) is 4.79 Å². The predicted molar refractivity (Wildman–Crippen MR) is 83.3 cm³/mol. The smallest absolute Gasteiger partial charge is 0.410 e. The molecule has 2 amide bonds. The van der Waals surface area contributed by atoms with Crippen molar-refractivity contribution in [3.63, 3.8) is 0 Å². The summed E-state index contributed by atoms with van der Waals surface area (Å²) >= 11 is 0. The van der Waals surface area contributed by atoms with Crippen LogP contribution in [-0.2, 0) is 9.53 Å². The first-order chi connectivity index (χ1) is 10.7. The Kier molecular flexibility index (Phi) is 4.41. The van der Waals surface area contributed by atoms with Gasteiger partial charge in [0.05, 0.1) is 6.61 Å². The zero-order valence-corrected chi connectivity index (χ0v) is 13.4. The van der Waals surface area contributed by atoms with Crippen molar-refractivity contribution in [2.24, 2.45) is 11.8 Å². The van der Waals surface area contributed by atoms with Crippen LogP contribution in [0.5, 0.6) is 0 Å². The van der Waals surface area contributed by atoms with Gasteiger partial charge in [0.2, 0.25) is 5.91 Å². The van der Waals surface area contributed by atoms with Gasteiger partial charge >= 0.3 is 6.09 Å². The Hall–Kier alpha value is -1.52. The molecule has 2 bridgehead atoms. The minimum Gasteiger partial charge on any atom is -0.450 e. The van der Waals surface area contributed by atoms with Crippen molar-refractivity contribution in [3.05, 3.63) is 12.7 Å². The number of likely N-dealkylation sites (tertiary alicyclic amines) is 1. The summed E-state index contributed by atoms with van der Waals surface area (Å²) in [5, 5.41) is 0. The van der Waals surface area contributed by atoms with Crippen molar-refractivity contribution in [2.75, 3.05) is 19.7 Å². The molecule has 0 radical (unpaired) electrons. The van der Waals surface area contributed by atoms with Gasteiger partial charge in [0.25, 0.3) is 0 Å². The third kappa shape index (κ3) is 2.61. The number of amides is 2. The Morgan fingerprint density at radius 2 is 2.23 bits per heavy atom. The Bertz CT molecular complexity index is 465. The van der Waals surface area contributed by atoms with Gasteiger partial charge < -0.3 is 14.5 Å². The van der Waals surface area contributed by atoms with Gasteiger partial charge in [-0.1, -0.05) is 6.08 Å². The molecule has 4 atom stereocenters. The lowest BCUT2D eigenvalue weighted by Gasteiger charge is -2.55. The molecule has 3 heterocycles. The quantitative estimate of drug-likeness (QED) is 0.752. The number of ether oxygens (including phenoxy) is 1. The van der Waals surface area contributed by atoms with E-state index in [2.05, 4.69) is 11.5 Å². The van der Waals surface area contributed by atoms with E-state index in [1.165, 1.54) is 0 Å². The SMILES string of the molecule is C=CC[C@H]1[C@@H]2C[C@H](CN1C(=O)OCC)[C@H]1CCCC(=O)N1C2. The molecule has 0 unspecified atom stereocenters. The van der Waals surface area contributed by atoms with E-state index >= 15 is 0 Å². The highest BCUT2D eigenvalue weighted by molar-refractivity contribution is 5.77. The molecule has 3 rings (SSSR count). The number of rotatable bonds is 3. The third-order valence-corrected chi connectivity index (χ3v) is 5.48. The van der Waals surface area contributed by atoms with Gasteiger partial charge in [-0.2, -0.15) is 0 Å². The molecule has 5 nitrogen and oxygen atoms in total. The van der Waals surface area contributed by atoms with E-state index in [1.54, 1.807) is 0 Å². The Labute approximate surface area is 132 Å². The van der Waals surface area contributed by atoms with Crippen LogP contribution in [0.4, 0.5) is 4.79 Å². The number of piperidine rings is 3. The molecule has 122 valence electrons. The standard InChI is InChI=1S/C17H26N2O3/c1-3-6-14-12-9-13(11-19(14)17(21)22-4-2)15-7-5-8-16(20)18(15)10-12/h3,12-15H,1,4-11H2,2H3/t12-,13-,14+,15-/m1/s1. The number of hydrogen-bond donors (Lipinski definition) is 0. The average molecular weight is 306 g/mol. The van der Waals surface area contributed by atoms with Crippen molar-refractivity contribution >= 4 is 12.0 Å². The van der Waals surface area contributed by atoms with Crippen molar-refractivity contribution in [1.82, 2.24) is 9.80 Å². The fourth-order valence-corrected chi connectivity index (χ4v) is 4.57. The van der Waals surface area contributed by atoms with E-state index in [0.717, 1.165) is 32.2 Å². The second-order valence-electron chi connectivity index (χ2n) is 6.70. The van der Waals surface area contributed by atoms with Crippen LogP contribution >= 0.6 is 0 Å². The number of carbonyl (C=O) groups is 2. The van der Waals surface area contributed by atoms with E-state index in [4.69, 9.17) is 4.74 Å². The van der Waals surface area contributed by atoms with Crippen molar-refractivity contribution in [1.29, 1.82) is 0 Å². The number of hydrogen-bond acceptors (Lipinski definition) is 3. The lowest BCUT2D eigenvalue weighted by Crippen LogP contribution is -2.64. The number of fused-ring (bicyclic) bond motifs is 4. The summed E-state index contributed by atoms with van der Waals surface area (Å²) in [6, 6.07) is 0.433. The maximum Gasteiger partial charge on any atom is 0.410 e. The van der Waals surface area contributed by atoms with Gasteiger partial charge in [0, 0.05) is 31.6 Å². The molecule has 0 spiro atoms. The van der Waals surface area contributed by atoms with Crippen molar-refractivity contribution in [2.45, 2.75) is 51.1 Å². The van der Waals surface area contributed by atoms with Crippen LogP contribution < -0.4 is 0 Å². The molecule has 0 aliphatic carbocycles. The molecule has 0 aromatic carbocycles. The van der Waals surface area contributed by atoms with Crippen LogP contribution in [0.1, 0.15) is 39.0 Å². The number of carbonyl (C=O) groups excluding carboxylic acids is 2. The average Bonchev–Trinajstić information content (AvgIpc) is 2.51. The van der Waals surface area contributed by atoms with Gasteiger partial charge in [0.1, 0.15) is 0 Å². The topological polar surface area (TPSA) is 49.9 Å². The Morgan fingerprint density at radius 3 is 2.95 bits per heavy atom. The summed E-state index contributed by atoms with van der Waals surface area (Å²) in [6.07, 6.45) is 6.29. The highest BCUT2D eigenvalue weighted by Gasteiger charge is 2.48. The van der Waals surface area contributed by atoms with E-state index < -0.39 is 0 Å². The molecule has 3 aliphatic rings. The summed E-state index contributed by atoms with van der Waals surface area (Å²) in [5.41, 5.74) is 0. The molecule has 3 aliphatic heterocycles. The highest BCUT2D eigenvalue weighted by atomic mass is 16.6. The molecule has 5 heteroatoms. The first kappa shape index (κ1) is 15.4. The van der Waals surface area contributed by atoms with E-state index in [0.29, 0.717) is 43.4 Å². The zero-order valence-electron chi connectivity index (χ0n) is 13.4. The van der Waals surface area contributed by atoms with Crippen LogP contribution in [0, 0.1) is 11.8 Å². The molecule has 3 fully saturated rings. The molecule has 0 aromatic rings. The predicted octanol–water partition coefficient (Wildman–Crippen LogP) is 2.42. The molecular formula is C17H26N2O3. The molecule has 3 saturated heterocycles. The fraction of sp³-hybridized carbons (Fsp3) is 0.765. The molecule has 22 heavy (non-hydrogen) atoms. The summed E-state index contributed by atoms with van der Waals surface area (Å²) in [5.74, 6) is 1.04. The maximum absolute atomic E-state index is 12.3. The monoisotopic (exact) mass is 306 g/mol. The fourth-order valence-electron chi connectivity index (χ4n) is 4.57. The Balaban J connectivity index is 1.82. The lowest BCUT2D eigenvalue weighted by molar-refractivity contribution is -0.146. The zero-order chi connectivity index (χ0) is 15.7. The second-order valence-corrected chi connectivity index (χ2v) is 6.70. The summed E-state index contributed by atoms with van der Waals surface area (Å²) in [4.78, 5) is 28.6. The highest BCUT2D eigenvalue weighted by Crippen LogP contribution is 2.41. The molecule has 0 saturated carbocycles. The Morgan fingerprint density at radius 1 is 1.41 bits per heavy atom. The summed E-state index contributed by atoms with van der Waals surface area (Å²) in [7, 11) is 0. The van der Waals surface area contributed by atoms with Crippen LogP contribution in [0.25, 0.3) is 0 Å². The molecule has 0 aromatic heterocycles. The first-order valence-corrected chi connectivity index (χ1v) is 8.49. The van der Waals surface area contributed by atoms with Crippen LogP contribution in [0.2, 0.25) is 0 Å². The summed E-state index contributed by atoms with van der Waals surface area (Å²) < 4.78 is 5.25. The van der Waals surface area contributed by atoms with Crippen LogP contribution in [0.15, 0.2) is 12.7 Å². The van der Waals surface area contributed by atoms with Crippen LogP contribution in [0.3, 0.4) is 0 Å². The third-order valence-electron chi connectivity index (χ3n) is 5.48. The van der Waals surface area contributed by atoms with Crippen molar-refractivity contribution in [3.8, 4) is 0 Å². The summed E-state index contributed by atoms with van der Waals surface area (Å²) in [6.45, 7) is 7.58. The largest absolute Gasteiger partial charge is 0.450 e. The van der Waals surface area contributed by atoms with Gasteiger partial charge in [-0.25, -0.2) is 4.79 Å². The van der Waals surface area contributed by atoms with Gasteiger partial charge in [-0.05, 0) is 44.4 Å². The van der Waals surface area contributed by atoms with E-state index in [1.807, 2.05) is 17.9 Å². The minimum absolute atomic E-state index is 0.114. The van der Waals surface area contributed by atoms with Crippen molar-refractivity contribution < 1.29 is 14.3 Å². The van der Waals surface area contributed by atoms with Gasteiger partial charge in [0.15, 0.2) is 0 Å². The minimum atomic E-state index is -0.209. The van der Waals surface area contributed by atoms with Crippen LogP contribution in [-0.4, -0.2) is 53.6 Å².